The lowest BCUT2D eigenvalue weighted by molar-refractivity contribution is -0.127. The fourth-order valence-electron chi connectivity index (χ4n) is 1.89. The zero-order valence-corrected chi connectivity index (χ0v) is 14.9. The molecule has 0 saturated carbocycles. The Morgan fingerprint density at radius 2 is 2.00 bits per heavy atom. The zero-order chi connectivity index (χ0) is 16.7. The Morgan fingerprint density at radius 3 is 2.65 bits per heavy atom. The Balaban J connectivity index is 1.99. The first-order valence-electron chi connectivity index (χ1n) is 6.95. The number of hydrogen-bond acceptors (Lipinski definition) is 4. The molecule has 0 radical (unpaired) electrons. The van der Waals surface area contributed by atoms with Gasteiger partial charge < -0.3 is 4.90 Å². The number of aromatic nitrogens is 3. The highest BCUT2D eigenvalue weighted by molar-refractivity contribution is 9.10. The van der Waals surface area contributed by atoms with Crippen molar-refractivity contribution in [3.63, 3.8) is 0 Å². The van der Waals surface area contributed by atoms with Crippen LogP contribution < -0.4 is 0 Å². The fraction of sp³-hybridized carbons (Fsp3) is 0.188. The van der Waals surface area contributed by atoms with E-state index in [-0.39, 0.29) is 11.7 Å². The molecule has 0 unspecified atom stereocenters. The van der Waals surface area contributed by atoms with Crippen LogP contribution in [0.4, 0.5) is 0 Å². The standard InChI is InChI=1S/C16H17BrN4OS/c1-3-9-21(10-4-2)14(22)11-23-16-18-15(19-20-16)12-7-5-6-8-13(12)17/h3-8H,1-2,9-11H2,(H,18,19,20). The summed E-state index contributed by atoms with van der Waals surface area (Å²) in [6.45, 7) is 8.32. The SMILES string of the molecule is C=CCN(CC=C)C(=O)CSc1n[nH]c(-c2ccccc2Br)n1. The highest BCUT2D eigenvalue weighted by atomic mass is 79.9. The largest absolute Gasteiger partial charge is 0.335 e. The minimum atomic E-state index is 0.00189. The zero-order valence-electron chi connectivity index (χ0n) is 12.5. The summed E-state index contributed by atoms with van der Waals surface area (Å²) in [7, 11) is 0. The monoisotopic (exact) mass is 392 g/mol. The van der Waals surface area contributed by atoms with Gasteiger partial charge in [-0.3, -0.25) is 9.89 Å². The molecule has 23 heavy (non-hydrogen) atoms. The molecule has 7 heteroatoms. The highest BCUT2D eigenvalue weighted by Gasteiger charge is 2.14. The first-order chi connectivity index (χ1) is 11.2. The lowest BCUT2D eigenvalue weighted by atomic mass is 10.2. The van der Waals surface area contributed by atoms with Gasteiger partial charge in [-0.25, -0.2) is 4.98 Å². The topological polar surface area (TPSA) is 61.9 Å². The quantitative estimate of drug-likeness (QED) is 0.551. The molecule has 1 heterocycles. The maximum Gasteiger partial charge on any atom is 0.233 e. The van der Waals surface area contributed by atoms with E-state index in [0.717, 1.165) is 10.0 Å². The lowest BCUT2D eigenvalue weighted by Crippen LogP contribution is -2.32. The van der Waals surface area contributed by atoms with Gasteiger partial charge in [-0.2, -0.15) is 0 Å². The van der Waals surface area contributed by atoms with Crippen LogP contribution in [0, 0.1) is 0 Å². The van der Waals surface area contributed by atoms with Gasteiger partial charge in [0, 0.05) is 23.1 Å². The summed E-state index contributed by atoms with van der Waals surface area (Å²) in [4.78, 5) is 18.3. The second-order valence-corrected chi connectivity index (χ2v) is 6.41. The van der Waals surface area contributed by atoms with Gasteiger partial charge in [0.05, 0.1) is 5.75 Å². The van der Waals surface area contributed by atoms with E-state index in [1.807, 2.05) is 24.3 Å². The number of nitrogens with zero attached hydrogens (tertiary/aromatic N) is 3. The van der Waals surface area contributed by atoms with Crippen molar-refractivity contribution in [2.75, 3.05) is 18.8 Å². The summed E-state index contributed by atoms with van der Waals surface area (Å²) in [6.07, 6.45) is 3.40. The second-order valence-electron chi connectivity index (χ2n) is 4.61. The van der Waals surface area contributed by atoms with Crippen LogP contribution in [0.25, 0.3) is 11.4 Å². The third-order valence-electron chi connectivity index (χ3n) is 2.97. The number of halogens is 1. The smallest absolute Gasteiger partial charge is 0.233 e. The van der Waals surface area contributed by atoms with E-state index < -0.39 is 0 Å². The third kappa shape index (κ3) is 4.80. The molecular formula is C16H17BrN4OS. The van der Waals surface area contributed by atoms with Crippen LogP contribution in [0.5, 0.6) is 0 Å². The fourth-order valence-corrected chi connectivity index (χ4v) is 3.07. The van der Waals surface area contributed by atoms with Crippen molar-refractivity contribution in [3.8, 4) is 11.4 Å². The molecule has 0 aliphatic carbocycles. The van der Waals surface area contributed by atoms with Gasteiger partial charge in [0.2, 0.25) is 11.1 Å². The predicted molar refractivity (Wildman–Crippen MR) is 97.2 cm³/mol. The van der Waals surface area contributed by atoms with Crippen molar-refractivity contribution in [2.24, 2.45) is 0 Å². The number of hydrogen-bond donors (Lipinski definition) is 1. The van der Waals surface area contributed by atoms with Gasteiger partial charge >= 0.3 is 0 Å². The summed E-state index contributed by atoms with van der Waals surface area (Å²) in [5, 5.41) is 7.59. The molecule has 2 aromatic rings. The van der Waals surface area contributed by atoms with Gasteiger partial charge in [-0.05, 0) is 6.07 Å². The number of carbonyl (C=O) groups is 1. The summed E-state index contributed by atoms with van der Waals surface area (Å²) >= 11 is 4.79. The molecule has 2 rings (SSSR count). The molecule has 1 aromatic carbocycles. The molecule has 1 aromatic heterocycles. The first-order valence-corrected chi connectivity index (χ1v) is 8.73. The van der Waals surface area contributed by atoms with E-state index in [1.54, 1.807) is 17.1 Å². The number of rotatable bonds is 8. The molecule has 0 fully saturated rings. The van der Waals surface area contributed by atoms with E-state index in [1.165, 1.54) is 11.8 Å². The van der Waals surface area contributed by atoms with E-state index in [4.69, 9.17) is 0 Å². The van der Waals surface area contributed by atoms with E-state index >= 15 is 0 Å². The minimum absolute atomic E-state index is 0.00189. The molecule has 120 valence electrons. The Bertz CT molecular complexity index is 691. The van der Waals surface area contributed by atoms with Gasteiger partial charge in [-0.1, -0.05) is 58.0 Å². The van der Waals surface area contributed by atoms with Crippen molar-refractivity contribution in [3.05, 3.63) is 54.0 Å². The number of H-pyrrole nitrogens is 1. The average molecular weight is 393 g/mol. The molecule has 5 nitrogen and oxygen atoms in total. The Morgan fingerprint density at radius 1 is 1.30 bits per heavy atom. The molecule has 1 amide bonds. The van der Waals surface area contributed by atoms with Crippen LogP contribution in [-0.4, -0.2) is 44.8 Å². The third-order valence-corrected chi connectivity index (χ3v) is 4.49. The number of carbonyl (C=O) groups excluding carboxylic acids is 1. The molecular weight excluding hydrogens is 376 g/mol. The van der Waals surface area contributed by atoms with E-state index in [2.05, 4.69) is 44.3 Å². The number of thioether (sulfide) groups is 1. The maximum atomic E-state index is 12.2. The van der Waals surface area contributed by atoms with Gasteiger partial charge in [0.25, 0.3) is 0 Å². The molecule has 0 saturated heterocycles. The van der Waals surface area contributed by atoms with E-state index in [9.17, 15) is 4.79 Å². The predicted octanol–water partition coefficient (Wildman–Crippen LogP) is 3.53. The Labute approximate surface area is 148 Å². The first kappa shape index (κ1) is 17.5. The summed E-state index contributed by atoms with van der Waals surface area (Å²) in [5.74, 6) is 0.943. The van der Waals surface area contributed by atoms with Crippen molar-refractivity contribution < 1.29 is 4.79 Å². The molecule has 0 aliphatic rings. The number of benzene rings is 1. The Kier molecular flexibility index (Phi) is 6.61. The Hall–Kier alpha value is -1.86. The van der Waals surface area contributed by atoms with Crippen LogP contribution in [-0.2, 0) is 4.79 Å². The van der Waals surface area contributed by atoms with E-state index in [0.29, 0.717) is 24.1 Å². The van der Waals surface area contributed by atoms with Gasteiger partial charge in [0.1, 0.15) is 0 Å². The average Bonchev–Trinajstić information content (AvgIpc) is 3.01. The maximum absolute atomic E-state index is 12.2. The van der Waals surface area contributed by atoms with Gasteiger partial charge in [0.15, 0.2) is 5.82 Å². The molecule has 0 atom stereocenters. The second kappa shape index (κ2) is 8.69. The van der Waals surface area contributed by atoms with Crippen LogP contribution in [0.2, 0.25) is 0 Å². The van der Waals surface area contributed by atoms with Crippen LogP contribution in [0.1, 0.15) is 0 Å². The lowest BCUT2D eigenvalue weighted by Gasteiger charge is -2.18. The minimum Gasteiger partial charge on any atom is -0.335 e. The number of aromatic amines is 1. The van der Waals surface area contributed by atoms with Crippen LogP contribution in [0.3, 0.4) is 0 Å². The van der Waals surface area contributed by atoms with Crippen molar-refractivity contribution in [2.45, 2.75) is 5.16 Å². The van der Waals surface area contributed by atoms with Crippen LogP contribution in [0.15, 0.2) is 59.2 Å². The molecule has 0 bridgehead atoms. The summed E-state index contributed by atoms with van der Waals surface area (Å²) in [6, 6.07) is 7.75. The van der Waals surface area contributed by atoms with Gasteiger partial charge in [-0.15, -0.1) is 18.3 Å². The van der Waals surface area contributed by atoms with Crippen LogP contribution >= 0.6 is 27.7 Å². The molecule has 1 N–H and O–H groups in total. The number of amides is 1. The molecule has 0 aliphatic heterocycles. The van der Waals surface area contributed by atoms with Crippen molar-refractivity contribution in [1.29, 1.82) is 0 Å². The van der Waals surface area contributed by atoms with Crippen molar-refractivity contribution >= 4 is 33.6 Å². The normalized spacial score (nSPS) is 10.3. The van der Waals surface area contributed by atoms with Crippen molar-refractivity contribution in [1.82, 2.24) is 20.1 Å². The summed E-state index contributed by atoms with van der Waals surface area (Å²) in [5.41, 5.74) is 0.929. The summed E-state index contributed by atoms with van der Waals surface area (Å²) < 4.78 is 0.937. The molecule has 0 spiro atoms. The highest BCUT2D eigenvalue weighted by Crippen LogP contribution is 2.26. The number of nitrogens with one attached hydrogen (secondary N) is 1.